The lowest BCUT2D eigenvalue weighted by Gasteiger charge is -2.23. The van der Waals surface area contributed by atoms with E-state index in [1.54, 1.807) is 13.0 Å². The number of anilines is 3. The van der Waals surface area contributed by atoms with Crippen LogP contribution in [0, 0.1) is 0 Å². The summed E-state index contributed by atoms with van der Waals surface area (Å²) in [7, 11) is 0. The van der Waals surface area contributed by atoms with Crippen molar-refractivity contribution in [3.63, 3.8) is 0 Å². The van der Waals surface area contributed by atoms with Gasteiger partial charge < -0.3 is 21.9 Å². The van der Waals surface area contributed by atoms with Crippen molar-refractivity contribution in [3.05, 3.63) is 6.07 Å². The van der Waals surface area contributed by atoms with E-state index in [1.807, 2.05) is 6.92 Å². The first-order chi connectivity index (χ1) is 7.43. The number of nitrogens with one attached hydrogen (secondary N) is 1. The molecule has 0 radical (unpaired) electrons. The molecule has 1 aromatic heterocycles. The van der Waals surface area contributed by atoms with Gasteiger partial charge in [-0.05, 0) is 13.3 Å². The average molecular weight is 225 g/mol. The van der Waals surface area contributed by atoms with Crippen molar-refractivity contribution in [1.82, 2.24) is 9.97 Å². The second-order valence-corrected chi connectivity index (χ2v) is 4.14. The summed E-state index contributed by atoms with van der Waals surface area (Å²) < 4.78 is 0. The van der Waals surface area contributed by atoms with Gasteiger partial charge in [0.1, 0.15) is 11.6 Å². The van der Waals surface area contributed by atoms with Crippen LogP contribution in [0.15, 0.2) is 6.07 Å². The largest absolute Gasteiger partial charge is 0.388 e. The van der Waals surface area contributed by atoms with Gasteiger partial charge >= 0.3 is 0 Å². The van der Waals surface area contributed by atoms with Crippen LogP contribution in [0.25, 0.3) is 0 Å². The maximum absolute atomic E-state index is 9.95. The number of nitrogens with two attached hydrogens (primary N) is 2. The molecule has 0 aromatic carbocycles. The van der Waals surface area contributed by atoms with Gasteiger partial charge in [-0.2, -0.15) is 9.97 Å². The fraction of sp³-hybridized carbons (Fsp3) is 0.600. The first-order valence-electron chi connectivity index (χ1n) is 5.29. The van der Waals surface area contributed by atoms with Gasteiger partial charge in [0.05, 0.1) is 5.60 Å². The van der Waals surface area contributed by atoms with E-state index in [0.717, 1.165) is 12.8 Å². The molecule has 0 fully saturated rings. The number of nitrogens with zero attached hydrogens (tertiary/aromatic N) is 2. The van der Waals surface area contributed by atoms with E-state index < -0.39 is 5.60 Å². The molecule has 1 heterocycles. The molecule has 1 unspecified atom stereocenters. The van der Waals surface area contributed by atoms with E-state index in [0.29, 0.717) is 18.2 Å². The lowest BCUT2D eigenvalue weighted by Crippen LogP contribution is -2.33. The minimum atomic E-state index is -0.761. The first kappa shape index (κ1) is 12.5. The molecule has 1 atom stereocenters. The monoisotopic (exact) mass is 225 g/mol. The van der Waals surface area contributed by atoms with Gasteiger partial charge in [-0.1, -0.05) is 13.3 Å². The Bertz CT molecular complexity index is 333. The standard InChI is InChI=1S/C10H19N5O/c1-3-4-10(2,16)6-13-8-5-7(11)14-9(12)15-8/h5,16H,3-4,6H2,1-2H3,(H5,11,12,13,14,15). The molecule has 16 heavy (non-hydrogen) atoms. The zero-order valence-electron chi connectivity index (χ0n) is 9.70. The minimum Gasteiger partial charge on any atom is -0.388 e. The molecular formula is C10H19N5O. The molecule has 1 rings (SSSR count). The van der Waals surface area contributed by atoms with E-state index >= 15 is 0 Å². The summed E-state index contributed by atoms with van der Waals surface area (Å²) in [5.41, 5.74) is 10.2. The van der Waals surface area contributed by atoms with Crippen molar-refractivity contribution in [2.75, 3.05) is 23.3 Å². The van der Waals surface area contributed by atoms with Crippen LogP contribution in [0.2, 0.25) is 0 Å². The van der Waals surface area contributed by atoms with E-state index in [1.165, 1.54) is 0 Å². The average Bonchev–Trinajstić information content (AvgIpc) is 2.13. The van der Waals surface area contributed by atoms with E-state index in [9.17, 15) is 5.11 Å². The van der Waals surface area contributed by atoms with E-state index in [2.05, 4.69) is 15.3 Å². The fourth-order valence-electron chi connectivity index (χ4n) is 1.48. The van der Waals surface area contributed by atoms with Crippen LogP contribution in [0.1, 0.15) is 26.7 Å². The summed E-state index contributed by atoms with van der Waals surface area (Å²) >= 11 is 0. The number of nitrogen functional groups attached to an aromatic ring is 2. The van der Waals surface area contributed by atoms with E-state index in [-0.39, 0.29) is 5.95 Å². The van der Waals surface area contributed by atoms with Crippen molar-refractivity contribution >= 4 is 17.6 Å². The molecule has 6 heteroatoms. The van der Waals surface area contributed by atoms with Crippen molar-refractivity contribution in [2.24, 2.45) is 0 Å². The zero-order chi connectivity index (χ0) is 12.2. The highest BCUT2D eigenvalue weighted by Gasteiger charge is 2.18. The third-order valence-electron chi connectivity index (χ3n) is 2.20. The summed E-state index contributed by atoms with van der Waals surface area (Å²) in [5.74, 6) is 0.962. The second-order valence-electron chi connectivity index (χ2n) is 4.14. The Kier molecular flexibility index (Phi) is 3.89. The van der Waals surface area contributed by atoms with Crippen LogP contribution >= 0.6 is 0 Å². The number of hydrogen-bond acceptors (Lipinski definition) is 6. The zero-order valence-corrected chi connectivity index (χ0v) is 9.70. The molecule has 0 aliphatic carbocycles. The van der Waals surface area contributed by atoms with Gasteiger partial charge in [0.2, 0.25) is 5.95 Å². The van der Waals surface area contributed by atoms with Crippen LogP contribution in [-0.2, 0) is 0 Å². The summed E-state index contributed by atoms with van der Waals surface area (Å²) in [5, 5.41) is 12.9. The molecule has 0 saturated heterocycles. The van der Waals surface area contributed by atoms with Crippen LogP contribution in [0.5, 0.6) is 0 Å². The Labute approximate surface area is 95.1 Å². The summed E-state index contributed by atoms with van der Waals surface area (Å²) in [6, 6.07) is 1.58. The van der Waals surface area contributed by atoms with Gasteiger partial charge in [-0.3, -0.25) is 0 Å². The Hall–Kier alpha value is -1.56. The summed E-state index contributed by atoms with van der Waals surface area (Å²) in [4.78, 5) is 7.72. The third-order valence-corrected chi connectivity index (χ3v) is 2.20. The molecular weight excluding hydrogens is 206 g/mol. The maximum atomic E-state index is 9.95. The van der Waals surface area contributed by atoms with Crippen molar-refractivity contribution in [1.29, 1.82) is 0 Å². The fourth-order valence-corrected chi connectivity index (χ4v) is 1.48. The molecule has 6 N–H and O–H groups in total. The molecule has 0 aliphatic rings. The van der Waals surface area contributed by atoms with Crippen molar-refractivity contribution in [2.45, 2.75) is 32.3 Å². The molecule has 0 aliphatic heterocycles. The lowest BCUT2D eigenvalue weighted by molar-refractivity contribution is 0.0636. The highest BCUT2D eigenvalue weighted by molar-refractivity contribution is 5.48. The Balaban J connectivity index is 2.60. The topological polar surface area (TPSA) is 110 Å². The highest BCUT2D eigenvalue weighted by Crippen LogP contribution is 2.14. The highest BCUT2D eigenvalue weighted by atomic mass is 16.3. The van der Waals surface area contributed by atoms with Crippen molar-refractivity contribution < 1.29 is 5.11 Å². The molecule has 1 aromatic rings. The number of aromatic nitrogens is 2. The molecule has 6 nitrogen and oxygen atoms in total. The van der Waals surface area contributed by atoms with Crippen LogP contribution in [0.4, 0.5) is 17.6 Å². The predicted molar refractivity (Wildman–Crippen MR) is 64.9 cm³/mol. The molecule has 0 amide bonds. The maximum Gasteiger partial charge on any atom is 0.223 e. The second kappa shape index (κ2) is 4.98. The van der Waals surface area contributed by atoms with Gasteiger partial charge in [0.25, 0.3) is 0 Å². The normalized spacial score (nSPS) is 14.4. The van der Waals surface area contributed by atoms with Gasteiger partial charge in [-0.15, -0.1) is 0 Å². The molecule has 90 valence electrons. The first-order valence-corrected chi connectivity index (χ1v) is 5.29. The van der Waals surface area contributed by atoms with Gasteiger partial charge in [0.15, 0.2) is 0 Å². The summed E-state index contributed by atoms with van der Waals surface area (Å²) in [6.07, 6.45) is 1.64. The SMILES string of the molecule is CCCC(C)(O)CNc1cc(N)nc(N)n1. The van der Waals surface area contributed by atoms with E-state index in [4.69, 9.17) is 11.5 Å². The molecule has 0 spiro atoms. The number of aliphatic hydroxyl groups is 1. The Morgan fingerprint density at radius 2 is 2.12 bits per heavy atom. The third kappa shape index (κ3) is 3.90. The quantitative estimate of drug-likeness (QED) is 0.584. The number of rotatable bonds is 5. The Morgan fingerprint density at radius 1 is 1.44 bits per heavy atom. The molecule has 0 bridgehead atoms. The van der Waals surface area contributed by atoms with Crippen LogP contribution in [0.3, 0.4) is 0 Å². The summed E-state index contributed by atoms with van der Waals surface area (Å²) in [6.45, 7) is 4.20. The molecule has 0 saturated carbocycles. The Morgan fingerprint density at radius 3 is 2.69 bits per heavy atom. The minimum absolute atomic E-state index is 0.123. The lowest BCUT2D eigenvalue weighted by atomic mass is 10.0. The van der Waals surface area contributed by atoms with Crippen molar-refractivity contribution in [3.8, 4) is 0 Å². The van der Waals surface area contributed by atoms with Gasteiger partial charge in [0, 0.05) is 12.6 Å². The van der Waals surface area contributed by atoms with Crippen LogP contribution in [-0.4, -0.2) is 27.2 Å². The van der Waals surface area contributed by atoms with Crippen LogP contribution < -0.4 is 16.8 Å². The predicted octanol–water partition coefficient (Wildman–Crippen LogP) is 0.604. The van der Waals surface area contributed by atoms with Gasteiger partial charge in [-0.25, -0.2) is 0 Å². The smallest absolute Gasteiger partial charge is 0.223 e. The number of hydrogen-bond donors (Lipinski definition) is 4.